The minimum absolute atomic E-state index is 0.575. The van der Waals surface area contributed by atoms with Gasteiger partial charge in [-0.25, -0.2) is 9.97 Å². The molecule has 0 aliphatic carbocycles. The van der Waals surface area contributed by atoms with Crippen LogP contribution in [0.2, 0.25) is 0 Å². The van der Waals surface area contributed by atoms with Gasteiger partial charge in [-0.1, -0.05) is 54.6 Å². The van der Waals surface area contributed by atoms with Crippen LogP contribution in [0, 0.1) is 0 Å². The van der Waals surface area contributed by atoms with Gasteiger partial charge in [0.15, 0.2) is 0 Å². The van der Waals surface area contributed by atoms with Crippen molar-refractivity contribution in [3.8, 4) is 22.5 Å². The van der Waals surface area contributed by atoms with E-state index in [0.29, 0.717) is 13.1 Å². The van der Waals surface area contributed by atoms with Crippen molar-refractivity contribution in [2.45, 2.75) is 38.9 Å². The van der Waals surface area contributed by atoms with Crippen molar-refractivity contribution in [2.75, 3.05) is 0 Å². The topological polar surface area (TPSA) is 87.2 Å². The predicted octanol–water partition coefficient (Wildman–Crippen LogP) is 4.81. The van der Waals surface area contributed by atoms with Gasteiger partial charge >= 0.3 is 0 Å². The number of pyridine rings is 1. The summed E-state index contributed by atoms with van der Waals surface area (Å²) in [5.41, 5.74) is 18.8. The molecule has 3 aromatic heterocycles. The number of nitrogens with two attached hydrogens (primary N) is 2. The molecule has 5 aromatic rings. The molecule has 4 N–H and O–H groups in total. The first-order chi connectivity index (χ1) is 16.7. The van der Waals surface area contributed by atoms with Crippen molar-refractivity contribution in [2.24, 2.45) is 11.5 Å². The van der Waals surface area contributed by atoms with E-state index in [4.69, 9.17) is 16.5 Å². The summed E-state index contributed by atoms with van der Waals surface area (Å²) in [5, 5.41) is 0. The number of rotatable bonds is 4. The molecule has 0 bridgehead atoms. The Labute approximate surface area is 199 Å². The molecular formula is C28H30N6. The first-order valence-corrected chi connectivity index (χ1v) is 11.8. The molecule has 0 fully saturated rings. The third-order valence-electron chi connectivity index (χ3n) is 6.24. The normalized spacial score (nSPS) is 12.8. The Kier molecular flexibility index (Phi) is 6.51. The maximum absolute atomic E-state index is 5.60. The third kappa shape index (κ3) is 4.78. The van der Waals surface area contributed by atoms with Gasteiger partial charge in [-0.3, -0.25) is 0 Å². The highest BCUT2D eigenvalue weighted by atomic mass is 15.1. The van der Waals surface area contributed by atoms with Gasteiger partial charge in [0.1, 0.15) is 11.5 Å². The Morgan fingerprint density at radius 2 is 1.35 bits per heavy atom. The molecule has 1 aliphatic rings. The molecule has 0 unspecified atom stereocenters. The van der Waals surface area contributed by atoms with E-state index in [9.17, 15) is 0 Å². The fourth-order valence-corrected chi connectivity index (χ4v) is 4.25. The summed E-state index contributed by atoms with van der Waals surface area (Å²) in [6.45, 7) is 2.29. The number of hydrogen-bond acceptors (Lipinski definition) is 4. The molecule has 1 aliphatic heterocycles. The van der Waals surface area contributed by atoms with Crippen molar-refractivity contribution >= 4 is 5.65 Å². The number of aromatic nitrogens is 4. The number of imidazole rings is 2. The van der Waals surface area contributed by atoms with E-state index in [1.54, 1.807) is 0 Å². The minimum Gasteiger partial charge on any atom is -0.334 e. The van der Waals surface area contributed by atoms with E-state index in [-0.39, 0.29) is 0 Å². The monoisotopic (exact) mass is 450 g/mol. The SMILES string of the molecule is NCc1ccc(-c2cn3c(n2)CCCC3)cc1.NCc1ccc(-c2cn3ccccc3n2)cc1. The molecule has 0 radical (unpaired) electrons. The van der Waals surface area contributed by atoms with Gasteiger partial charge in [-0.2, -0.15) is 0 Å². The Balaban J connectivity index is 0.000000142. The van der Waals surface area contributed by atoms with E-state index in [1.807, 2.05) is 47.1 Å². The van der Waals surface area contributed by atoms with Crippen LogP contribution in [-0.2, 0) is 26.1 Å². The molecule has 6 rings (SSSR count). The number of hydrogen-bond donors (Lipinski definition) is 2. The van der Waals surface area contributed by atoms with Crippen LogP contribution < -0.4 is 11.5 Å². The van der Waals surface area contributed by atoms with Crippen LogP contribution in [0.15, 0.2) is 85.3 Å². The second-order valence-electron chi connectivity index (χ2n) is 8.59. The highest BCUT2D eigenvalue weighted by molar-refractivity contribution is 5.63. The zero-order chi connectivity index (χ0) is 23.3. The van der Waals surface area contributed by atoms with Gasteiger partial charge in [-0.15, -0.1) is 0 Å². The molecule has 0 atom stereocenters. The standard InChI is InChI=1S/C14H17N3.C14H13N3/c2*15-9-11-4-6-12(7-5-11)13-10-17-8-2-1-3-14(17)16-13/h4-7,10H,1-3,8-9,15H2;1-8,10H,9,15H2. The third-order valence-corrected chi connectivity index (χ3v) is 6.24. The Hall–Kier alpha value is -3.74. The van der Waals surface area contributed by atoms with Gasteiger partial charge in [0.2, 0.25) is 0 Å². The average Bonchev–Trinajstić information content (AvgIpc) is 3.54. The first-order valence-electron chi connectivity index (χ1n) is 11.8. The predicted molar refractivity (Wildman–Crippen MR) is 137 cm³/mol. The number of nitrogens with zero attached hydrogens (tertiary/aromatic N) is 4. The minimum atomic E-state index is 0.575. The molecule has 0 amide bonds. The van der Waals surface area contributed by atoms with Crippen LogP contribution in [0.1, 0.15) is 29.8 Å². The first kappa shape index (κ1) is 22.1. The zero-order valence-electron chi connectivity index (χ0n) is 19.3. The largest absolute Gasteiger partial charge is 0.334 e. The molecular weight excluding hydrogens is 420 g/mol. The number of benzene rings is 2. The molecule has 34 heavy (non-hydrogen) atoms. The van der Waals surface area contributed by atoms with Gasteiger partial charge in [-0.05, 0) is 36.1 Å². The Bertz CT molecular complexity index is 1310. The summed E-state index contributed by atoms with van der Waals surface area (Å²) in [6, 6.07) is 22.6. The van der Waals surface area contributed by atoms with E-state index in [1.165, 1.54) is 24.2 Å². The van der Waals surface area contributed by atoms with Crippen LogP contribution in [-0.4, -0.2) is 18.9 Å². The second-order valence-corrected chi connectivity index (χ2v) is 8.59. The fraction of sp³-hybridized carbons (Fsp3) is 0.214. The lowest BCUT2D eigenvalue weighted by Crippen LogP contribution is -2.08. The Morgan fingerprint density at radius 1 is 0.706 bits per heavy atom. The molecule has 6 heteroatoms. The van der Waals surface area contributed by atoms with Crippen LogP contribution >= 0.6 is 0 Å². The lowest BCUT2D eigenvalue weighted by atomic mass is 10.1. The smallest absolute Gasteiger partial charge is 0.137 e. The van der Waals surface area contributed by atoms with Crippen molar-refractivity contribution in [1.29, 1.82) is 0 Å². The van der Waals surface area contributed by atoms with E-state index in [0.717, 1.165) is 46.7 Å². The number of fused-ring (bicyclic) bond motifs is 2. The maximum Gasteiger partial charge on any atom is 0.137 e. The van der Waals surface area contributed by atoms with Crippen molar-refractivity contribution in [3.05, 3.63) is 102 Å². The van der Waals surface area contributed by atoms with Gasteiger partial charge in [0, 0.05) is 55.8 Å². The lowest BCUT2D eigenvalue weighted by Gasteiger charge is -2.11. The summed E-state index contributed by atoms with van der Waals surface area (Å²) >= 11 is 0. The highest BCUT2D eigenvalue weighted by Crippen LogP contribution is 2.23. The summed E-state index contributed by atoms with van der Waals surface area (Å²) in [7, 11) is 0. The van der Waals surface area contributed by atoms with E-state index in [2.05, 4.69) is 52.1 Å². The van der Waals surface area contributed by atoms with Crippen LogP contribution in [0.4, 0.5) is 0 Å². The van der Waals surface area contributed by atoms with Crippen molar-refractivity contribution in [3.63, 3.8) is 0 Å². The second kappa shape index (κ2) is 10.0. The molecule has 0 saturated carbocycles. The fourth-order valence-electron chi connectivity index (χ4n) is 4.25. The average molecular weight is 451 g/mol. The molecule has 172 valence electrons. The van der Waals surface area contributed by atoms with Crippen LogP contribution in [0.25, 0.3) is 28.2 Å². The van der Waals surface area contributed by atoms with Crippen LogP contribution in [0.5, 0.6) is 0 Å². The van der Waals surface area contributed by atoms with E-state index >= 15 is 0 Å². The maximum atomic E-state index is 5.60. The molecule has 6 nitrogen and oxygen atoms in total. The molecule has 0 saturated heterocycles. The summed E-state index contributed by atoms with van der Waals surface area (Å²) in [5.74, 6) is 1.23. The van der Waals surface area contributed by atoms with Gasteiger partial charge in [0.25, 0.3) is 0 Å². The summed E-state index contributed by atoms with van der Waals surface area (Å²) in [4.78, 5) is 9.28. The quantitative estimate of drug-likeness (QED) is 0.412. The summed E-state index contributed by atoms with van der Waals surface area (Å²) in [6.07, 6.45) is 9.86. The highest BCUT2D eigenvalue weighted by Gasteiger charge is 2.12. The van der Waals surface area contributed by atoms with Gasteiger partial charge in [0.05, 0.1) is 11.4 Å². The summed E-state index contributed by atoms with van der Waals surface area (Å²) < 4.78 is 4.31. The molecule has 2 aromatic carbocycles. The molecule has 4 heterocycles. The van der Waals surface area contributed by atoms with Crippen LogP contribution in [0.3, 0.4) is 0 Å². The Morgan fingerprint density at radius 3 is 1.94 bits per heavy atom. The molecule has 0 spiro atoms. The van der Waals surface area contributed by atoms with Crippen molar-refractivity contribution in [1.82, 2.24) is 18.9 Å². The zero-order valence-corrected chi connectivity index (χ0v) is 19.3. The van der Waals surface area contributed by atoms with Crippen molar-refractivity contribution < 1.29 is 0 Å². The van der Waals surface area contributed by atoms with Gasteiger partial charge < -0.3 is 20.4 Å². The van der Waals surface area contributed by atoms with E-state index < -0.39 is 0 Å². The number of aryl methyl sites for hydroxylation is 2. The lowest BCUT2D eigenvalue weighted by molar-refractivity contribution is 0.522.